The van der Waals surface area contributed by atoms with Crippen LogP contribution in [0.25, 0.3) is 164 Å². The number of hydrogen-bond acceptors (Lipinski definition) is 2. The van der Waals surface area contributed by atoms with Crippen LogP contribution in [0.15, 0.2) is 239 Å². The number of hydrogen-bond donors (Lipinski definition) is 0. The van der Waals surface area contributed by atoms with Crippen LogP contribution in [0, 0.1) is 0 Å². The molecule has 0 spiro atoms. The number of fused-ring (bicyclic) bond motifs is 10. The minimum Gasteiger partial charge on any atom is -0.455 e. The fourth-order valence-electron chi connectivity index (χ4n) is 12.4. The van der Waals surface area contributed by atoms with E-state index in [1.807, 2.05) is 0 Å². The molecule has 0 saturated heterocycles. The molecular formula is C68H38O2. The first-order valence-corrected chi connectivity index (χ1v) is 24.2. The standard InChI is InChI=1S/C68H38O2/c1-5-25-43-39(17-1)21-13-33-47(43)55-37-57(49-35-15-23-41-19-3-7-27-45(41)49)67-61-59(55)51-29-9-11-31-53(51)65-63(61)64-62-60(52-30-10-12-32-54(52)66(64)69-67)56(48-34-14-22-40-18-2-6-26-44(40)48)38-58(68(62)70-65)50-36-16-24-42-20-4-8-28-46(42)50/h1-38H. The van der Waals surface area contributed by atoms with E-state index in [9.17, 15) is 0 Å². The van der Waals surface area contributed by atoms with E-state index in [4.69, 9.17) is 8.83 Å². The van der Waals surface area contributed by atoms with Gasteiger partial charge in [0, 0.05) is 54.6 Å². The molecule has 70 heavy (non-hydrogen) atoms. The van der Waals surface area contributed by atoms with Crippen LogP contribution in [0.3, 0.4) is 0 Å². The van der Waals surface area contributed by atoms with E-state index in [0.29, 0.717) is 0 Å². The summed E-state index contributed by atoms with van der Waals surface area (Å²) in [6, 6.07) is 84.3. The van der Waals surface area contributed by atoms with E-state index in [1.54, 1.807) is 0 Å². The molecule has 0 N–H and O–H groups in total. The van der Waals surface area contributed by atoms with Gasteiger partial charge in [0.15, 0.2) is 0 Å². The smallest absolute Gasteiger partial charge is 0.144 e. The summed E-state index contributed by atoms with van der Waals surface area (Å²) in [7, 11) is 0. The molecule has 14 aromatic rings. The third kappa shape index (κ3) is 5.06. The van der Waals surface area contributed by atoms with Crippen LogP contribution in [0.5, 0.6) is 0 Å². The Morgan fingerprint density at radius 3 is 0.800 bits per heavy atom. The minimum atomic E-state index is 0.848. The summed E-state index contributed by atoms with van der Waals surface area (Å²) >= 11 is 0. The lowest BCUT2D eigenvalue weighted by Crippen LogP contribution is -2.01. The Hall–Kier alpha value is -9.24. The van der Waals surface area contributed by atoms with Gasteiger partial charge in [-0.2, -0.15) is 0 Å². The van der Waals surface area contributed by atoms with Gasteiger partial charge in [0.1, 0.15) is 22.3 Å². The van der Waals surface area contributed by atoms with E-state index >= 15 is 0 Å². The minimum absolute atomic E-state index is 0.848. The van der Waals surface area contributed by atoms with Gasteiger partial charge in [0.25, 0.3) is 0 Å². The molecule has 16 rings (SSSR count). The van der Waals surface area contributed by atoms with Crippen molar-refractivity contribution in [2.45, 2.75) is 0 Å². The van der Waals surface area contributed by atoms with E-state index in [2.05, 4.69) is 231 Å². The van der Waals surface area contributed by atoms with Crippen LogP contribution in [0.1, 0.15) is 0 Å². The first-order valence-electron chi connectivity index (χ1n) is 24.2. The summed E-state index contributed by atoms with van der Waals surface area (Å²) in [4.78, 5) is 0. The van der Waals surface area contributed by atoms with Gasteiger partial charge in [0.05, 0.1) is 0 Å². The monoisotopic (exact) mass is 886 g/mol. The number of benzene rings is 14. The quantitative estimate of drug-likeness (QED) is 0.130. The fourth-order valence-corrected chi connectivity index (χ4v) is 12.4. The lowest BCUT2D eigenvalue weighted by Gasteiger charge is -2.27. The second-order valence-electron chi connectivity index (χ2n) is 18.9. The molecule has 0 aliphatic carbocycles. The van der Waals surface area contributed by atoms with Gasteiger partial charge in [0.2, 0.25) is 0 Å². The zero-order valence-corrected chi connectivity index (χ0v) is 37.8. The van der Waals surface area contributed by atoms with Crippen molar-refractivity contribution in [2.75, 3.05) is 0 Å². The highest BCUT2D eigenvalue weighted by Gasteiger charge is 2.34. The normalized spacial score (nSPS) is 12.3. The molecule has 14 aromatic carbocycles. The van der Waals surface area contributed by atoms with Gasteiger partial charge in [-0.25, -0.2) is 0 Å². The Labute approximate surface area is 401 Å². The Morgan fingerprint density at radius 2 is 0.457 bits per heavy atom. The maximum Gasteiger partial charge on any atom is 0.144 e. The molecule has 2 nitrogen and oxygen atoms in total. The van der Waals surface area contributed by atoms with E-state index in [0.717, 1.165) is 110 Å². The highest BCUT2D eigenvalue weighted by atomic mass is 16.3. The van der Waals surface area contributed by atoms with Gasteiger partial charge in [-0.05, 0) is 99.4 Å². The van der Waals surface area contributed by atoms with Gasteiger partial charge >= 0.3 is 0 Å². The summed E-state index contributed by atoms with van der Waals surface area (Å²) in [5.41, 5.74) is 14.6. The Kier molecular flexibility index (Phi) is 7.64. The van der Waals surface area contributed by atoms with Gasteiger partial charge in [-0.15, -0.1) is 0 Å². The van der Waals surface area contributed by atoms with Gasteiger partial charge < -0.3 is 8.83 Å². The van der Waals surface area contributed by atoms with Crippen LogP contribution in [0.4, 0.5) is 0 Å². The van der Waals surface area contributed by atoms with Crippen molar-refractivity contribution >= 4 is 109 Å². The molecule has 0 amide bonds. The summed E-state index contributed by atoms with van der Waals surface area (Å²) in [6.45, 7) is 0. The largest absolute Gasteiger partial charge is 0.455 e. The molecule has 0 bridgehead atoms. The third-order valence-electron chi connectivity index (χ3n) is 15.4. The van der Waals surface area contributed by atoms with Crippen LogP contribution < -0.4 is 0 Å². The lowest BCUT2D eigenvalue weighted by atomic mass is 9.79. The first kappa shape index (κ1) is 37.8. The molecule has 2 aliphatic rings. The van der Waals surface area contributed by atoms with Crippen molar-refractivity contribution in [3.63, 3.8) is 0 Å². The predicted molar refractivity (Wildman–Crippen MR) is 296 cm³/mol. The third-order valence-corrected chi connectivity index (χ3v) is 15.4. The highest BCUT2D eigenvalue weighted by Crippen LogP contribution is 2.59. The van der Waals surface area contributed by atoms with Crippen molar-refractivity contribution < 1.29 is 8.83 Å². The topological polar surface area (TPSA) is 26.3 Å². The molecule has 0 radical (unpaired) electrons. The van der Waals surface area contributed by atoms with Crippen LogP contribution in [0.2, 0.25) is 0 Å². The average Bonchev–Trinajstić information content (AvgIpc) is 3.43. The van der Waals surface area contributed by atoms with Crippen LogP contribution >= 0.6 is 0 Å². The fraction of sp³-hybridized carbons (Fsp3) is 0. The van der Waals surface area contributed by atoms with E-state index in [-0.39, 0.29) is 0 Å². The summed E-state index contributed by atoms with van der Waals surface area (Å²) < 4.78 is 15.8. The highest BCUT2D eigenvalue weighted by molar-refractivity contribution is 6.40. The predicted octanol–water partition coefficient (Wildman–Crippen LogP) is 19.6. The summed E-state index contributed by atoms with van der Waals surface area (Å²) in [5.74, 6) is 0. The van der Waals surface area contributed by atoms with Gasteiger partial charge in [-0.3, -0.25) is 0 Å². The number of rotatable bonds is 4. The van der Waals surface area contributed by atoms with Crippen molar-refractivity contribution in [1.29, 1.82) is 0 Å². The second kappa shape index (κ2) is 14.1. The second-order valence-corrected chi connectivity index (χ2v) is 18.9. The molecule has 322 valence electrons. The molecule has 0 fully saturated rings. The summed E-state index contributed by atoms with van der Waals surface area (Å²) in [6.07, 6.45) is 0. The van der Waals surface area contributed by atoms with Crippen molar-refractivity contribution in [3.05, 3.63) is 231 Å². The molecule has 2 heteroatoms. The SMILES string of the molecule is c1ccc2c(-c3cc(-c4cccc5ccccc45)c4c5ccccc5c5oc6c(-c7cccc8ccccc78)cc(-c7cccc8ccccc78)c7c8ccccc8c8oc3c4c5-c8c67)cccc2c1. The van der Waals surface area contributed by atoms with E-state index in [1.165, 1.54) is 54.2 Å². The van der Waals surface area contributed by atoms with E-state index < -0.39 is 0 Å². The molecule has 2 aliphatic heterocycles. The Morgan fingerprint density at radius 1 is 0.186 bits per heavy atom. The van der Waals surface area contributed by atoms with Crippen molar-refractivity contribution in [2.24, 2.45) is 0 Å². The van der Waals surface area contributed by atoms with Gasteiger partial charge in [-0.1, -0.05) is 218 Å². The molecular weight excluding hydrogens is 849 g/mol. The molecule has 0 aromatic heterocycles. The molecule has 0 saturated carbocycles. The van der Waals surface area contributed by atoms with Crippen LogP contribution in [-0.2, 0) is 0 Å². The zero-order valence-electron chi connectivity index (χ0n) is 37.8. The maximum atomic E-state index is 7.89. The summed E-state index contributed by atoms with van der Waals surface area (Å²) in [5, 5.41) is 18.4. The Bertz CT molecular complexity index is 4500. The zero-order chi connectivity index (χ0) is 45.6. The lowest BCUT2D eigenvalue weighted by molar-refractivity contribution is 0.652. The Balaban J connectivity index is 1.21. The maximum absolute atomic E-state index is 7.89. The molecule has 2 heterocycles. The van der Waals surface area contributed by atoms with Crippen molar-refractivity contribution in [3.8, 4) is 55.6 Å². The van der Waals surface area contributed by atoms with Crippen molar-refractivity contribution in [1.82, 2.24) is 0 Å². The molecule has 0 unspecified atom stereocenters. The van der Waals surface area contributed by atoms with Crippen LogP contribution in [-0.4, -0.2) is 0 Å². The average molecular weight is 887 g/mol. The first-order chi connectivity index (χ1) is 34.8. The molecule has 0 atom stereocenters.